The Morgan fingerprint density at radius 3 is 0.750 bits per heavy atom. The average molecular weight is 1120 g/mol. The van der Waals surface area contributed by atoms with Crippen LogP contribution in [-0.4, -0.2) is 179 Å². The maximum absolute atomic E-state index is 10.8. The van der Waals surface area contributed by atoms with E-state index in [1.807, 2.05) is 98.7 Å². The van der Waals surface area contributed by atoms with Crippen molar-refractivity contribution in [2.75, 3.05) is 135 Å². The SMILES string of the molecule is CCO[Si](CCCOCC(O)CNc1ccc(C(c2ccc(NCC(O)COCCC[Si](OCC)(OCC)OCC)cc2)c2ccc(NCC(O)COCCC[Si](OCC)(OCC)OCC)cc2)cc1)(OCC)OCC. The quantitative estimate of drug-likeness (QED) is 0.0178. The van der Waals surface area contributed by atoms with Crippen LogP contribution in [0.25, 0.3) is 0 Å². The average Bonchev–Trinajstić information content (AvgIpc) is 3.41. The highest BCUT2D eigenvalue weighted by molar-refractivity contribution is 6.61. The molecule has 0 aliphatic carbocycles. The Morgan fingerprint density at radius 1 is 0.342 bits per heavy atom. The molecular weight excluding hydrogens is 1030 g/mol. The second kappa shape index (κ2) is 39.5. The van der Waals surface area contributed by atoms with Gasteiger partial charge in [-0.25, -0.2) is 0 Å². The van der Waals surface area contributed by atoms with E-state index in [4.69, 9.17) is 54.0 Å². The van der Waals surface area contributed by atoms with E-state index in [-0.39, 0.29) is 25.7 Å². The highest BCUT2D eigenvalue weighted by atomic mass is 28.4. The van der Waals surface area contributed by atoms with Crippen LogP contribution in [0, 0.1) is 0 Å². The first-order valence-corrected chi connectivity index (χ1v) is 33.8. The number of hydrogen-bond acceptors (Lipinski definition) is 18. The molecule has 0 aliphatic heterocycles. The molecule has 3 aromatic rings. The molecule has 0 spiro atoms. The largest absolute Gasteiger partial charge is 0.501 e. The first-order valence-electron chi connectivity index (χ1n) is 28.0. The van der Waals surface area contributed by atoms with Crippen LogP contribution in [0.1, 0.15) is 104 Å². The molecule has 0 saturated heterocycles. The summed E-state index contributed by atoms with van der Waals surface area (Å²) >= 11 is 0. The number of anilines is 3. The first kappa shape index (κ1) is 67.4. The summed E-state index contributed by atoms with van der Waals surface area (Å²) in [6.07, 6.45) is 0.00272. The van der Waals surface area contributed by atoms with Crippen LogP contribution < -0.4 is 16.0 Å². The molecule has 0 aromatic heterocycles. The zero-order valence-electron chi connectivity index (χ0n) is 47.4. The van der Waals surface area contributed by atoms with Gasteiger partial charge in [0.25, 0.3) is 0 Å². The molecule has 0 saturated carbocycles. The third-order valence-corrected chi connectivity index (χ3v) is 21.3. The predicted molar refractivity (Wildman–Crippen MR) is 306 cm³/mol. The molecule has 18 nitrogen and oxygen atoms in total. The smallest absolute Gasteiger partial charge is 0.389 e. The third kappa shape index (κ3) is 25.5. The van der Waals surface area contributed by atoms with Gasteiger partial charge in [0.2, 0.25) is 0 Å². The standard InChI is InChI=1S/C55H97N3O15Si3/c1-10-65-74(66-11-2,67-12-3)37-19-34-62-43-52(59)40-56-49-28-22-46(23-29-49)55(47-24-30-50(31-25-47)57-41-53(60)44-63-35-20-38-75(68-13-4,69-14-5)70-15-6)48-26-32-51(33-27-48)58-42-54(61)45-64-36-21-39-76(71-16-7,72-17-8)73-18-9/h22-33,52-61H,10-21,34-45H2,1-9H3. The molecule has 0 aliphatic rings. The fraction of sp³-hybridized carbons (Fsp3) is 0.673. The van der Waals surface area contributed by atoms with Gasteiger partial charge in [0, 0.05) is 140 Å². The van der Waals surface area contributed by atoms with Gasteiger partial charge in [-0.15, -0.1) is 0 Å². The van der Waals surface area contributed by atoms with Crippen LogP contribution in [0.4, 0.5) is 17.1 Å². The molecule has 0 fully saturated rings. The van der Waals surface area contributed by atoms with Gasteiger partial charge in [-0.2, -0.15) is 0 Å². The van der Waals surface area contributed by atoms with Crippen molar-refractivity contribution in [3.05, 3.63) is 89.5 Å². The highest BCUT2D eigenvalue weighted by Gasteiger charge is 2.41. The highest BCUT2D eigenvalue weighted by Crippen LogP contribution is 2.34. The van der Waals surface area contributed by atoms with Gasteiger partial charge >= 0.3 is 26.4 Å². The predicted octanol–water partition coefficient (Wildman–Crippen LogP) is 8.55. The summed E-state index contributed by atoms with van der Waals surface area (Å²) in [7, 11) is -8.21. The minimum absolute atomic E-state index is 0.117. The van der Waals surface area contributed by atoms with Gasteiger partial charge in [0.1, 0.15) is 0 Å². The lowest BCUT2D eigenvalue weighted by molar-refractivity contribution is 0.0377. The molecule has 0 heterocycles. The minimum atomic E-state index is -2.74. The second-order valence-corrected chi connectivity index (χ2v) is 26.1. The van der Waals surface area contributed by atoms with E-state index in [1.165, 1.54) is 0 Å². The van der Waals surface area contributed by atoms with E-state index in [2.05, 4.69) is 52.3 Å². The van der Waals surface area contributed by atoms with Crippen LogP contribution in [0.5, 0.6) is 0 Å². The van der Waals surface area contributed by atoms with Crippen molar-refractivity contribution in [3.8, 4) is 0 Å². The number of rotatable bonds is 48. The summed E-state index contributed by atoms with van der Waals surface area (Å²) in [5, 5.41) is 42.4. The zero-order chi connectivity index (χ0) is 55.3. The van der Waals surface area contributed by atoms with Crippen LogP contribution in [0.3, 0.4) is 0 Å². The lowest BCUT2D eigenvalue weighted by Crippen LogP contribution is -2.46. The molecule has 76 heavy (non-hydrogen) atoms. The summed E-state index contributed by atoms with van der Waals surface area (Å²) in [5.41, 5.74) is 5.86. The molecule has 3 atom stereocenters. The Kier molecular flexibility index (Phi) is 35.0. The first-order chi connectivity index (χ1) is 36.9. The van der Waals surface area contributed by atoms with E-state index in [1.54, 1.807) is 0 Å². The number of benzene rings is 3. The minimum Gasteiger partial charge on any atom is -0.389 e. The topological polar surface area (TPSA) is 208 Å². The number of aliphatic hydroxyl groups is 3. The Balaban J connectivity index is 1.63. The third-order valence-electron chi connectivity index (χ3n) is 11.9. The van der Waals surface area contributed by atoms with Gasteiger partial charge in [0.05, 0.1) is 38.1 Å². The van der Waals surface area contributed by atoms with Gasteiger partial charge < -0.3 is 85.3 Å². The fourth-order valence-corrected chi connectivity index (χ4v) is 16.4. The zero-order valence-corrected chi connectivity index (χ0v) is 50.4. The summed E-state index contributed by atoms with van der Waals surface area (Å²) in [6, 6.07) is 26.7. The van der Waals surface area contributed by atoms with Crippen molar-refractivity contribution in [3.63, 3.8) is 0 Å². The van der Waals surface area contributed by atoms with Gasteiger partial charge in [-0.05, 0) is 135 Å². The monoisotopic (exact) mass is 1120 g/mol. The Labute approximate surface area is 459 Å². The van der Waals surface area contributed by atoms with Crippen molar-refractivity contribution in [2.24, 2.45) is 0 Å². The molecule has 3 unspecified atom stereocenters. The summed E-state index contributed by atoms with van der Waals surface area (Å²) in [5.74, 6) is -0.117. The molecule has 3 aromatic carbocycles. The molecule has 3 rings (SSSR count). The molecule has 0 radical (unpaired) electrons. The molecule has 0 bridgehead atoms. The summed E-state index contributed by atoms with van der Waals surface area (Å²) in [4.78, 5) is 0. The van der Waals surface area contributed by atoms with E-state index in [9.17, 15) is 15.3 Å². The number of aliphatic hydroxyl groups excluding tert-OH is 3. The number of hydrogen-bond donors (Lipinski definition) is 6. The van der Waals surface area contributed by atoms with E-state index >= 15 is 0 Å². The van der Waals surface area contributed by atoms with E-state index in [0.29, 0.717) is 136 Å². The maximum atomic E-state index is 10.8. The fourth-order valence-electron chi connectivity index (χ4n) is 8.68. The molecule has 6 N–H and O–H groups in total. The molecular formula is C55H97N3O15Si3. The van der Waals surface area contributed by atoms with Crippen molar-refractivity contribution in [1.29, 1.82) is 0 Å². The van der Waals surface area contributed by atoms with Crippen molar-refractivity contribution < 1.29 is 69.4 Å². The van der Waals surface area contributed by atoms with Crippen molar-refractivity contribution in [2.45, 2.75) is 124 Å². The Bertz CT molecular complexity index is 1620. The van der Waals surface area contributed by atoms with Gasteiger partial charge in [-0.1, -0.05) is 36.4 Å². The summed E-state index contributed by atoms with van der Waals surface area (Å²) in [6.45, 7) is 25.2. The number of ether oxygens (including phenoxy) is 3. The van der Waals surface area contributed by atoms with Gasteiger partial charge in [0.15, 0.2) is 0 Å². The normalized spacial score (nSPS) is 13.9. The molecule has 21 heteroatoms. The van der Waals surface area contributed by atoms with E-state index < -0.39 is 44.7 Å². The van der Waals surface area contributed by atoms with Crippen molar-refractivity contribution >= 4 is 43.5 Å². The van der Waals surface area contributed by atoms with Gasteiger partial charge in [-0.3, -0.25) is 0 Å². The van der Waals surface area contributed by atoms with Crippen LogP contribution in [0.15, 0.2) is 72.8 Å². The lowest BCUT2D eigenvalue weighted by Gasteiger charge is -2.28. The Hall–Kier alpha value is -2.89. The number of nitrogens with one attached hydrogen (secondary N) is 3. The van der Waals surface area contributed by atoms with Crippen LogP contribution in [-0.2, 0) is 54.0 Å². The molecule has 434 valence electrons. The van der Waals surface area contributed by atoms with Crippen LogP contribution in [0.2, 0.25) is 18.1 Å². The van der Waals surface area contributed by atoms with E-state index in [0.717, 1.165) is 33.8 Å². The lowest BCUT2D eigenvalue weighted by atomic mass is 9.85. The van der Waals surface area contributed by atoms with Crippen LogP contribution >= 0.6 is 0 Å². The maximum Gasteiger partial charge on any atom is 0.501 e. The summed E-state index contributed by atoms with van der Waals surface area (Å²) < 4.78 is 71.1. The van der Waals surface area contributed by atoms with Crippen molar-refractivity contribution in [1.82, 2.24) is 0 Å². The Morgan fingerprint density at radius 2 is 0.553 bits per heavy atom. The molecule has 0 amide bonds. The second-order valence-electron chi connectivity index (χ2n) is 17.9.